The van der Waals surface area contributed by atoms with E-state index < -0.39 is 0 Å². The lowest BCUT2D eigenvalue weighted by Crippen LogP contribution is -2.29. The number of carbonyl (C=O) groups excluding carboxylic acids is 1. The number of thioether (sulfide) groups is 1. The quantitative estimate of drug-likeness (QED) is 0.445. The Morgan fingerprint density at radius 1 is 1.24 bits per heavy atom. The Kier molecular flexibility index (Phi) is 6.47. The number of aromatic amines is 1. The summed E-state index contributed by atoms with van der Waals surface area (Å²) >= 11 is 3.00. The molecule has 0 spiro atoms. The van der Waals surface area contributed by atoms with Gasteiger partial charge in [-0.05, 0) is 23.6 Å². The van der Waals surface area contributed by atoms with E-state index in [1.807, 2.05) is 41.8 Å². The van der Waals surface area contributed by atoms with Gasteiger partial charge in [0.25, 0.3) is 0 Å². The summed E-state index contributed by atoms with van der Waals surface area (Å²) in [5.41, 5.74) is 0. The number of carbonyl (C=O) groups is 1. The second-order valence-electron chi connectivity index (χ2n) is 5.12. The first-order valence-electron chi connectivity index (χ1n) is 7.80. The van der Waals surface area contributed by atoms with Gasteiger partial charge in [-0.2, -0.15) is 0 Å². The van der Waals surface area contributed by atoms with Gasteiger partial charge in [-0.25, -0.2) is 4.98 Å². The molecule has 0 unspecified atom stereocenters. The minimum Gasteiger partial charge on any atom is -0.492 e. The summed E-state index contributed by atoms with van der Waals surface area (Å²) in [7, 11) is 0. The summed E-state index contributed by atoms with van der Waals surface area (Å²) < 4.78 is 5.52. The molecule has 2 N–H and O–H groups in total. The molecule has 0 fully saturated rings. The van der Waals surface area contributed by atoms with E-state index in [1.54, 1.807) is 11.3 Å². The molecule has 0 aliphatic carbocycles. The summed E-state index contributed by atoms with van der Waals surface area (Å²) in [6.45, 7) is 0.901. The third-order valence-electron chi connectivity index (χ3n) is 3.20. The first-order chi connectivity index (χ1) is 12.3. The van der Waals surface area contributed by atoms with Gasteiger partial charge in [0.15, 0.2) is 0 Å². The molecule has 6 nitrogen and oxygen atoms in total. The Hall–Kier alpha value is -2.32. The van der Waals surface area contributed by atoms with E-state index in [2.05, 4.69) is 26.6 Å². The molecule has 0 atom stereocenters. The molecule has 130 valence electrons. The van der Waals surface area contributed by atoms with Crippen LogP contribution in [0.3, 0.4) is 0 Å². The number of rotatable bonds is 9. The zero-order valence-electron chi connectivity index (χ0n) is 13.5. The van der Waals surface area contributed by atoms with Crippen LogP contribution in [0.2, 0.25) is 0 Å². The molecule has 2 heterocycles. The Balaban J connectivity index is 1.33. The van der Waals surface area contributed by atoms with Crippen molar-refractivity contribution in [2.24, 2.45) is 0 Å². The van der Waals surface area contributed by atoms with Crippen LogP contribution in [0.1, 0.15) is 10.7 Å². The number of aromatic nitrogens is 3. The lowest BCUT2D eigenvalue weighted by atomic mass is 10.3. The van der Waals surface area contributed by atoms with Crippen molar-refractivity contribution in [1.29, 1.82) is 0 Å². The molecule has 0 saturated heterocycles. The minimum atomic E-state index is -0.0636. The summed E-state index contributed by atoms with van der Waals surface area (Å²) in [6, 6.07) is 13.6. The van der Waals surface area contributed by atoms with Gasteiger partial charge in [-0.15, -0.1) is 16.4 Å². The first kappa shape index (κ1) is 17.5. The van der Waals surface area contributed by atoms with Crippen LogP contribution in [0.25, 0.3) is 0 Å². The van der Waals surface area contributed by atoms with Crippen molar-refractivity contribution in [3.63, 3.8) is 0 Å². The maximum absolute atomic E-state index is 11.8. The normalized spacial score (nSPS) is 10.6. The molecule has 0 aliphatic rings. The van der Waals surface area contributed by atoms with Crippen molar-refractivity contribution in [3.8, 4) is 5.75 Å². The molecule has 25 heavy (non-hydrogen) atoms. The fourth-order valence-electron chi connectivity index (χ4n) is 2.06. The smallest absolute Gasteiger partial charge is 0.230 e. The maximum atomic E-state index is 11.8. The molecule has 0 aliphatic heterocycles. The van der Waals surface area contributed by atoms with Gasteiger partial charge in [0.05, 0.1) is 12.3 Å². The summed E-state index contributed by atoms with van der Waals surface area (Å²) in [5, 5.41) is 12.5. The highest BCUT2D eigenvalue weighted by Gasteiger charge is 2.08. The van der Waals surface area contributed by atoms with Crippen LogP contribution in [-0.4, -0.2) is 40.0 Å². The Morgan fingerprint density at radius 2 is 2.12 bits per heavy atom. The van der Waals surface area contributed by atoms with Gasteiger partial charge in [0.1, 0.15) is 18.2 Å². The minimum absolute atomic E-state index is 0.0636. The van der Waals surface area contributed by atoms with E-state index >= 15 is 0 Å². The molecule has 0 radical (unpaired) electrons. The fraction of sp³-hybridized carbons (Fsp3) is 0.235. The summed E-state index contributed by atoms with van der Waals surface area (Å²) in [4.78, 5) is 17.5. The van der Waals surface area contributed by atoms with Gasteiger partial charge in [-0.1, -0.05) is 36.0 Å². The number of hydrogen-bond acceptors (Lipinski definition) is 6. The highest BCUT2D eigenvalue weighted by molar-refractivity contribution is 7.99. The standard InChI is InChI=1S/C17H18N4O2S2/c22-16(18-8-9-23-13-5-2-1-3-6-13)12-25-17-19-15(20-21-17)11-14-7-4-10-24-14/h1-7,10H,8-9,11-12H2,(H,18,22)(H,19,20,21). The van der Waals surface area contributed by atoms with E-state index in [4.69, 9.17) is 4.74 Å². The largest absolute Gasteiger partial charge is 0.492 e. The lowest BCUT2D eigenvalue weighted by molar-refractivity contribution is -0.118. The third-order valence-corrected chi connectivity index (χ3v) is 4.93. The van der Waals surface area contributed by atoms with Gasteiger partial charge < -0.3 is 10.1 Å². The Labute approximate surface area is 154 Å². The topological polar surface area (TPSA) is 79.9 Å². The van der Waals surface area contributed by atoms with Gasteiger partial charge >= 0.3 is 0 Å². The molecule has 0 saturated carbocycles. The maximum Gasteiger partial charge on any atom is 0.230 e. The molecule has 8 heteroatoms. The second kappa shape index (κ2) is 9.24. The number of amides is 1. The van der Waals surface area contributed by atoms with Gasteiger partial charge in [0.2, 0.25) is 11.1 Å². The summed E-state index contributed by atoms with van der Waals surface area (Å²) in [5.74, 6) is 1.82. The van der Waals surface area contributed by atoms with Gasteiger partial charge in [0, 0.05) is 11.3 Å². The Bertz CT molecular complexity index is 775. The van der Waals surface area contributed by atoms with Crippen molar-refractivity contribution in [2.75, 3.05) is 18.9 Å². The van der Waals surface area contributed by atoms with E-state index in [-0.39, 0.29) is 11.7 Å². The SMILES string of the molecule is O=C(CSc1n[nH]c(Cc2cccs2)n1)NCCOc1ccccc1. The summed E-state index contributed by atoms with van der Waals surface area (Å²) in [6.07, 6.45) is 0.730. The van der Waals surface area contributed by atoms with Crippen LogP contribution < -0.4 is 10.1 Å². The van der Waals surface area contributed by atoms with E-state index in [9.17, 15) is 4.79 Å². The van der Waals surface area contributed by atoms with Crippen molar-refractivity contribution in [3.05, 3.63) is 58.5 Å². The number of nitrogens with one attached hydrogen (secondary N) is 2. The van der Waals surface area contributed by atoms with Crippen molar-refractivity contribution >= 4 is 29.0 Å². The number of nitrogens with zero attached hydrogens (tertiary/aromatic N) is 2. The lowest BCUT2D eigenvalue weighted by Gasteiger charge is -2.06. The van der Waals surface area contributed by atoms with Crippen LogP contribution >= 0.6 is 23.1 Å². The van der Waals surface area contributed by atoms with E-state index in [0.29, 0.717) is 18.3 Å². The predicted molar refractivity (Wildman–Crippen MR) is 99.2 cm³/mol. The van der Waals surface area contributed by atoms with Crippen LogP contribution in [0.15, 0.2) is 53.0 Å². The molecule has 1 amide bonds. The number of benzene rings is 1. The zero-order valence-corrected chi connectivity index (χ0v) is 15.1. The number of thiophene rings is 1. The molecule has 3 rings (SSSR count). The van der Waals surface area contributed by atoms with Gasteiger partial charge in [-0.3, -0.25) is 9.89 Å². The first-order valence-corrected chi connectivity index (χ1v) is 9.67. The zero-order chi connectivity index (χ0) is 17.3. The Morgan fingerprint density at radius 3 is 2.92 bits per heavy atom. The number of H-pyrrole nitrogens is 1. The average Bonchev–Trinajstić information content (AvgIpc) is 3.30. The molecule has 0 bridgehead atoms. The van der Waals surface area contributed by atoms with E-state index in [1.165, 1.54) is 16.6 Å². The van der Waals surface area contributed by atoms with Crippen LogP contribution in [-0.2, 0) is 11.2 Å². The molecule has 3 aromatic rings. The molecular weight excluding hydrogens is 356 g/mol. The monoisotopic (exact) mass is 374 g/mol. The van der Waals surface area contributed by atoms with Crippen LogP contribution in [0.4, 0.5) is 0 Å². The van der Waals surface area contributed by atoms with Crippen LogP contribution in [0.5, 0.6) is 5.75 Å². The number of para-hydroxylation sites is 1. The number of ether oxygens (including phenoxy) is 1. The molecular formula is C17H18N4O2S2. The molecule has 1 aromatic carbocycles. The highest BCUT2D eigenvalue weighted by atomic mass is 32.2. The average molecular weight is 374 g/mol. The van der Waals surface area contributed by atoms with Crippen molar-refractivity contribution < 1.29 is 9.53 Å². The fourth-order valence-corrected chi connectivity index (χ4v) is 3.41. The van der Waals surface area contributed by atoms with Crippen molar-refractivity contribution in [1.82, 2.24) is 20.5 Å². The molecule has 2 aromatic heterocycles. The van der Waals surface area contributed by atoms with Crippen molar-refractivity contribution in [2.45, 2.75) is 11.6 Å². The second-order valence-corrected chi connectivity index (χ2v) is 7.10. The number of hydrogen-bond donors (Lipinski definition) is 2. The highest BCUT2D eigenvalue weighted by Crippen LogP contribution is 2.16. The predicted octanol–water partition coefficient (Wildman–Crippen LogP) is 2.74. The van der Waals surface area contributed by atoms with E-state index in [0.717, 1.165) is 18.0 Å². The third kappa shape index (κ3) is 5.91. The van der Waals surface area contributed by atoms with Crippen LogP contribution in [0, 0.1) is 0 Å².